The van der Waals surface area contributed by atoms with Gasteiger partial charge >= 0.3 is 5.97 Å². The molecule has 0 radical (unpaired) electrons. The standard InChI is InChI=1S/C10H12F2N2O2/c1-3-16-10(15)7-5(2)4-6(8(11)12)9(13)14-7/h4,8H,3H2,1-2H3,(H2,13,14). The van der Waals surface area contributed by atoms with Gasteiger partial charge < -0.3 is 10.5 Å². The van der Waals surface area contributed by atoms with E-state index in [1.165, 1.54) is 6.92 Å². The minimum Gasteiger partial charge on any atom is -0.461 e. The number of aryl methyl sites for hydroxylation is 1. The smallest absolute Gasteiger partial charge is 0.357 e. The van der Waals surface area contributed by atoms with Crippen LogP contribution in [0.15, 0.2) is 6.07 Å². The van der Waals surface area contributed by atoms with Crippen LogP contribution < -0.4 is 5.73 Å². The second-order valence-electron chi connectivity index (χ2n) is 3.15. The number of alkyl halides is 2. The predicted molar refractivity (Wildman–Crippen MR) is 54.3 cm³/mol. The van der Waals surface area contributed by atoms with E-state index in [0.717, 1.165) is 6.07 Å². The molecule has 0 fully saturated rings. The second kappa shape index (κ2) is 4.87. The van der Waals surface area contributed by atoms with Crippen LogP contribution in [0.1, 0.15) is 35.0 Å². The van der Waals surface area contributed by atoms with Crippen LogP contribution in [-0.2, 0) is 4.74 Å². The molecule has 0 aliphatic carbocycles. The third-order valence-electron chi connectivity index (χ3n) is 1.98. The van der Waals surface area contributed by atoms with Crippen LogP contribution in [0.2, 0.25) is 0 Å². The molecule has 0 unspecified atom stereocenters. The van der Waals surface area contributed by atoms with E-state index in [2.05, 4.69) is 4.98 Å². The summed E-state index contributed by atoms with van der Waals surface area (Å²) in [6.45, 7) is 3.34. The molecule has 0 spiro atoms. The van der Waals surface area contributed by atoms with Crippen LogP contribution in [-0.4, -0.2) is 17.6 Å². The molecule has 0 aliphatic rings. The van der Waals surface area contributed by atoms with Gasteiger partial charge in [-0.1, -0.05) is 0 Å². The number of pyridine rings is 1. The van der Waals surface area contributed by atoms with Gasteiger partial charge in [-0.15, -0.1) is 0 Å². The van der Waals surface area contributed by atoms with Crippen molar-refractivity contribution in [3.8, 4) is 0 Å². The number of nitrogen functional groups attached to an aromatic ring is 1. The van der Waals surface area contributed by atoms with Crippen molar-refractivity contribution in [2.75, 3.05) is 12.3 Å². The first-order valence-electron chi connectivity index (χ1n) is 4.69. The van der Waals surface area contributed by atoms with Gasteiger partial charge in [0.15, 0.2) is 5.69 Å². The molecule has 0 saturated carbocycles. The van der Waals surface area contributed by atoms with Crippen LogP contribution in [0, 0.1) is 6.92 Å². The highest BCUT2D eigenvalue weighted by Gasteiger charge is 2.19. The van der Waals surface area contributed by atoms with E-state index in [0.29, 0.717) is 5.56 Å². The SMILES string of the molecule is CCOC(=O)c1nc(N)c(C(F)F)cc1C. The number of aromatic nitrogens is 1. The van der Waals surface area contributed by atoms with E-state index in [1.807, 2.05) is 0 Å². The van der Waals surface area contributed by atoms with Crippen molar-refractivity contribution in [1.82, 2.24) is 4.98 Å². The number of anilines is 1. The Labute approximate surface area is 91.4 Å². The molecular formula is C10H12F2N2O2. The fourth-order valence-electron chi connectivity index (χ4n) is 1.23. The van der Waals surface area contributed by atoms with Crippen molar-refractivity contribution in [3.05, 3.63) is 22.9 Å². The van der Waals surface area contributed by atoms with Crippen LogP contribution >= 0.6 is 0 Å². The average molecular weight is 230 g/mol. The minimum absolute atomic E-state index is 0.0243. The van der Waals surface area contributed by atoms with Gasteiger partial charge in [0.1, 0.15) is 5.82 Å². The predicted octanol–water partition coefficient (Wildman–Crippen LogP) is 2.09. The number of hydrogen-bond donors (Lipinski definition) is 1. The summed E-state index contributed by atoms with van der Waals surface area (Å²) in [7, 11) is 0. The van der Waals surface area contributed by atoms with E-state index in [4.69, 9.17) is 10.5 Å². The quantitative estimate of drug-likeness (QED) is 0.807. The van der Waals surface area contributed by atoms with Gasteiger partial charge in [0.25, 0.3) is 6.43 Å². The molecule has 1 aromatic rings. The number of carbonyl (C=O) groups is 1. The fourth-order valence-corrected chi connectivity index (χ4v) is 1.23. The molecule has 0 bridgehead atoms. The number of rotatable bonds is 3. The summed E-state index contributed by atoms with van der Waals surface area (Å²) in [6.07, 6.45) is -2.71. The zero-order valence-corrected chi connectivity index (χ0v) is 8.96. The topological polar surface area (TPSA) is 65.2 Å². The lowest BCUT2D eigenvalue weighted by atomic mass is 10.1. The highest BCUT2D eigenvalue weighted by Crippen LogP contribution is 2.25. The number of esters is 1. The van der Waals surface area contributed by atoms with Gasteiger partial charge in [0.2, 0.25) is 0 Å². The van der Waals surface area contributed by atoms with E-state index >= 15 is 0 Å². The summed E-state index contributed by atoms with van der Waals surface area (Å²) in [5.74, 6) is -1.00. The van der Waals surface area contributed by atoms with Gasteiger partial charge in [-0.05, 0) is 25.5 Å². The zero-order chi connectivity index (χ0) is 12.3. The lowest BCUT2D eigenvalue weighted by molar-refractivity contribution is 0.0518. The van der Waals surface area contributed by atoms with Crippen molar-refractivity contribution >= 4 is 11.8 Å². The normalized spacial score (nSPS) is 10.6. The molecule has 0 aliphatic heterocycles. The first kappa shape index (κ1) is 12.4. The largest absolute Gasteiger partial charge is 0.461 e. The Morgan fingerprint density at radius 1 is 1.62 bits per heavy atom. The van der Waals surface area contributed by atoms with Crippen LogP contribution in [0.4, 0.5) is 14.6 Å². The lowest BCUT2D eigenvalue weighted by Gasteiger charge is -2.09. The summed E-state index contributed by atoms with van der Waals surface area (Å²) < 4.78 is 29.6. The molecule has 2 N–H and O–H groups in total. The van der Waals surface area contributed by atoms with Gasteiger partial charge in [0, 0.05) is 0 Å². The van der Waals surface area contributed by atoms with E-state index in [1.54, 1.807) is 6.92 Å². The summed E-state index contributed by atoms with van der Waals surface area (Å²) in [6, 6.07) is 1.15. The van der Waals surface area contributed by atoms with Gasteiger partial charge in [0.05, 0.1) is 12.2 Å². The Kier molecular flexibility index (Phi) is 3.76. The number of ether oxygens (including phenoxy) is 1. The Morgan fingerprint density at radius 3 is 2.75 bits per heavy atom. The Balaban J connectivity index is 3.15. The molecule has 6 heteroatoms. The van der Waals surface area contributed by atoms with E-state index < -0.39 is 12.4 Å². The van der Waals surface area contributed by atoms with Gasteiger partial charge in [-0.25, -0.2) is 18.6 Å². The van der Waals surface area contributed by atoms with Crippen molar-refractivity contribution < 1.29 is 18.3 Å². The Morgan fingerprint density at radius 2 is 2.25 bits per heavy atom. The first-order chi connectivity index (χ1) is 7.47. The van der Waals surface area contributed by atoms with Crippen molar-refractivity contribution in [2.24, 2.45) is 0 Å². The molecule has 1 aromatic heterocycles. The highest BCUT2D eigenvalue weighted by molar-refractivity contribution is 5.89. The van der Waals surface area contributed by atoms with Crippen molar-refractivity contribution in [2.45, 2.75) is 20.3 Å². The molecule has 0 saturated heterocycles. The number of nitrogens with two attached hydrogens (primary N) is 1. The lowest BCUT2D eigenvalue weighted by Crippen LogP contribution is -2.12. The number of halogens is 2. The molecule has 0 aromatic carbocycles. The van der Waals surface area contributed by atoms with Gasteiger partial charge in [-0.3, -0.25) is 0 Å². The molecule has 1 heterocycles. The maximum absolute atomic E-state index is 12.5. The van der Waals surface area contributed by atoms with E-state index in [-0.39, 0.29) is 23.7 Å². The van der Waals surface area contributed by atoms with Crippen molar-refractivity contribution in [3.63, 3.8) is 0 Å². The third-order valence-corrected chi connectivity index (χ3v) is 1.98. The molecular weight excluding hydrogens is 218 g/mol. The summed E-state index contributed by atoms with van der Waals surface area (Å²) in [5, 5.41) is 0. The van der Waals surface area contributed by atoms with Crippen LogP contribution in [0.3, 0.4) is 0 Å². The maximum atomic E-state index is 12.5. The zero-order valence-electron chi connectivity index (χ0n) is 8.96. The minimum atomic E-state index is -2.71. The molecule has 88 valence electrons. The number of hydrogen-bond acceptors (Lipinski definition) is 4. The maximum Gasteiger partial charge on any atom is 0.357 e. The average Bonchev–Trinajstić information content (AvgIpc) is 2.20. The summed E-state index contributed by atoms with van der Waals surface area (Å²) >= 11 is 0. The number of carbonyl (C=O) groups excluding carboxylic acids is 1. The molecule has 16 heavy (non-hydrogen) atoms. The molecule has 0 atom stereocenters. The van der Waals surface area contributed by atoms with Crippen LogP contribution in [0.5, 0.6) is 0 Å². The fraction of sp³-hybridized carbons (Fsp3) is 0.400. The molecule has 4 nitrogen and oxygen atoms in total. The first-order valence-corrected chi connectivity index (χ1v) is 4.69. The highest BCUT2D eigenvalue weighted by atomic mass is 19.3. The summed E-state index contributed by atoms with van der Waals surface area (Å²) in [5.41, 5.74) is 5.25. The Hall–Kier alpha value is -1.72. The molecule has 0 amide bonds. The summed E-state index contributed by atoms with van der Waals surface area (Å²) in [4.78, 5) is 15.0. The van der Waals surface area contributed by atoms with Crippen LogP contribution in [0.25, 0.3) is 0 Å². The second-order valence-corrected chi connectivity index (χ2v) is 3.15. The Bertz CT molecular complexity index is 408. The van der Waals surface area contributed by atoms with E-state index in [9.17, 15) is 13.6 Å². The monoisotopic (exact) mass is 230 g/mol. The van der Waals surface area contributed by atoms with Gasteiger partial charge in [-0.2, -0.15) is 0 Å². The third kappa shape index (κ3) is 2.44. The van der Waals surface area contributed by atoms with Crippen molar-refractivity contribution in [1.29, 1.82) is 0 Å². The number of nitrogens with zero attached hydrogens (tertiary/aromatic N) is 1. The molecule has 1 rings (SSSR count).